The van der Waals surface area contributed by atoms with Crippen LogP contribution in [0.15, 0.2) is 30.3 Å². The summed E-state index contributed by atoms with van der Waals surface area (Å²) in [6, 6.07) is 10.4. The van der Waals surface area contributed by atoms with Crippen LogP contribution in [0.2, 0.25) is 0 Å². The Bertz CT molecular complexity index is 809. The third-order valence-corrected chi connectivity index (χ3v) is 9.91. The number of nitrogens with zero attached hydrogens (tertiary/aromatic N) is 1. The van der Waals surface area contributed by atoms with Crippen LogP contribution in [-0.2, 0) is 21.2 Å². The predicted octanol–water partition coefficient (Wildman–Crippen LogP) is 3.67. The summed E-state index contributed by atoms with van der Waals surface area (Å²) >= 11 is 0. The molecule has 27 heavy (non-hydrogen) atoms. The normalized spacial score (nSPS) is 31.5. The van der Waals surface area contributed by atoms with Crippen LogP contribution in [0.25, 0.3) is 0 Å². The first-order valence-corrected chi connectivity index (χ1v) is 11.9. The fourth-order valence-corrected chi connectivity index (χ4v) is 8.10. The number of ketones is 1. The summed E-state index contributed by atoms with van der Waals surface area (Å²) in [5, 5.41) is 0. The molecule has 0 amide bonds. The molecule has 1 heterocycles. The number of rotatable bonds is 5. The molecule has 4 nitrogen and oxygen atoms in total. The van der Waals surface area contributed by atoms with E-state index in [1.165, 1.54) is 5.56 Å². The zero-order chi connectivity index (χ0) is 19.3. The van der Waals surface area contributed by atoms with Crippen molar-refractivity contribution in [3.63, 3.8) is 0 Å². The van der Waals surface area contributed by atoms with Crippen molar-refractivity contribution >= 4 is 15.8 Å². The van der Waals surface area contributed by atoms with Crippen molar-refractivity contribution < 1.29 is 13.2 Å². The molecule has 0 spiro atoms. The van der Waals surface area contributed by atoms with Crippen LogP contribution in [0, 0.1) is 22.7 Å². The minimum atomic E-state index is -3.40. The van der Waals surface area contributed by atoms with Gasteiger partial charge in [-0.25, -0.2) is 12.7 Å². The largest absolute Gasteiger partial charge is 0.299 e. The fraction of sp³-hybridized carbons (Fsp3) is 0.682. The molecule has 1 aliphatic heterocycles. The maximum atomic E-state index is 13.2. The lowest BCUT2D eigenvalue weighted by Gasteiger charge is -2.39. The molecule has 4 rings (SSSR count). The number of piperidine rings is 1. The first-order chi connectivity index (χ1) is 12.7. The van der Waals surface area contributed by atoms with Crippen LogP contribution in [0.1, 0.15) is 51.5 Å². The van der Waals surface area contributed by atoms with Crippen LogP contribution in [0.3, 0.4) is 0 Å². The fourth-order valence-electron chi connectivity index (χ4n) is 5.85. The van der Waals surface area contributed by atoms with Crippen molar-refractivity contribution in [3.8, 4) is 0 Å². The van der Waals surface area contributed by atoms with E-state index in [0.717, 1.165) is 32.1 Å². The van der Waals surface area contributed by atoms with E-state index in [4.69, 9.17) is 0 Å². The Labute approximate surface area is 163 Å². The minimum Gasteiger partial charge on any atom is -0.299 e. The molecule has 148 valence electrons. The molecule has 2 bridgehead atoms. The van der Waals surface area contributed by atoms with Gasteiger partial charge in [-0.05, 0) is 54.9 Å². The summed E-state index contributed by atoms with van der Waals surface area (Å²) in [6.07, 6.45) is 5.14. The number of carbonyl (C=O) groups excluding carboxylic acids is 1. The van der Waals surface area contributed by atoms with Gasteiger partial charge in [0.15, 0.2) is 0 Å². The molecule has 0 radical (unpaired) electrons. The minimum absolute atomic E-state index is 0.0195. The highest BCUT2D eigenvalue weighted by Gasteiger charge is 2.65. The zero-order valence-corrected chi connectivity index (χ0v) is 17.3. The number of hydrogen-bond acceptors (Lipinski definition) is 3. The first kappa shape index (κ1) is 19.1. The Kier molecular flexibility index (Phi) is 4.75. The number of fused-ring (bicyclic) bond motifs is 2. The summed E-state index contributed by atoms with van der Waals surface area (Å²) < 4.78 is 28.1. The van der Waals surface area contributed by atoms with Gasteiger partial charge in [0.25, 0.3) is 0 Å². The number of sulfonamides is 1. The van der Waals surface area contributed by atoms with Gasteiger partial charge in [0.1, 0.15) is 5.78 Å². The Morgan fingerprint density at radius 1 is 1.07 bits per heavy atom. The predicted molar refractivity (Wildman–Crippen MR) is 107 cm³/mol. The van der Waals surface area contributed by atoms with E-state index in [0.29, 0.717) is 31.3 Å². The van der Waals surface area contributed by atoms with Crippen molar-refractivity contribution in [1.82, 2.24) is 4.31 Å². The third-order valence-electron chi connectivity index (χ3n) is 7.90. The average Bonchev–Trinajstić information content (AvgIpc) is 2.97. The molecule has 1 aromatic rings. The molecule has 0 unspecified atom stereocenters. The Hall–Kier alpha value is -1.20. The van der Waals surface area contributed by atoms with Gasteiger partial charge in [-0.1, -0.05) is 44.2 Å². The number of benzene rings is 1. The summed E-state index contributed by atoms with van der Waals surface area (Å²) in [5.41, 5.74) is 0.480. The quantitative estimate of drug-likeness (QED) is 0.772. The number of Topliss-reactive ketones (excluding diaryl/α,β-unsaturated/α-hetero) is 1. The van der Waals surface area contributed by atoms with Crippen molar-refractivity contribution in [2.24, 2.45) is 22.7 Å². The van der Waals surface area contributed by atoms with Crippen molar-refractivity contribution in [1.29, 1.82) is 0 Å². The summed E-state index contributed by atoms with van der Waals surface area (Å²) in [4.78, 5) is 12.7. The lowest BCUT2D eigenvalue weighted by atomic mass is 9.70. The molecular weight excluding hydrogens is 358 g/mol. The topological polar surface area (TPSA) is 54.5 Å². The van der Waals surface area contributed by atoms with Crippen LogP contribution in [-0.4, -0.2) is 37.3 Å². The highest BCUT2D eigenvalue weighted by Crippen LogP contribution is 2.64. The Balaban J connectivity index is 1.41. The molecule has 2 aliphatic carbocycles. The molecule has 2 atom stereocenters. The summed E-state index contributed by atoms with van der Waals surface area (Å²) in [6.45, 7) is 5.40. The van der Waals surface area contributed by atoms with Crippen molar-refractivity contribution in [2.45, 2.75) is 52.4 Å². The maximum Gasteiger partial charge on any atom is 0.215 e. The second-order valence-corrected chi connectivity index (χ2v) is 11.4. The second kappa shape index (κ2) is 6.70. The van der Waals surface area contributed by atoms with E-state index < -0.39 is 15.4 Å². The van der Waals surface area contributed by atoms with Crippen LogP contribution in [0.5, 0.6) is 0 Å². The van der Waals surface area contributed by atoms with Crippen LogP contribution in [0.4, 0.5) is 0 Å². The standard InChI is InChI=1S/C22H31NO3S/c1-21(2)19-8-11-22(21,20(24)15-19)16-27(25,26)23-12-9-18(10-13-23)14-17-6-4-3-5-7-17/h3-7,18-19H,8-16H2,1-2H3/t19-,22+/m0/s1. The van der Waals surface area contributed by atoms with Gasteiger partial charge in [0, 0.05) is 24.9 Å². The third kappa shape index (κ3) is 3.17. The van der Waals surface area contributed by atoms with Crippen LogP contribution < -0.4 is 0 Å². The lowest BCUT2D eigenvalue weighted by Crippen LogP contribution is -2.48. The molecule has 3 aliphatic rings. The highest BCUT2D eigenvalue weighted by molar-refractivity contribution is 7.89. The summed E-state index contributed by atoms with van der Waals surface area (Å²) in [5.74, 6) is 1.10. The highest BCUT2D eigenvalue weighted by atomic mass is 32.2. The smallest absolute Gasteiger partial charge is 0.215 e. The first-order valence-electron chi connectivity index (χ1n) is 10.3. The second-order valence-electron chi connectivity index (χ2n) is 9.46. The van der Waals surface area contributed by atoms with Crippen molar-refractivity contribution in [3.05, 3.63) is 35.9 Å². The molecule has 5 heteroatoms. The summed E-state index contributed by atoms with van der Waals surface area (Å²) in [7, 11) is -3.40. The molecule has 2 saturated carbocycles. The molecular formula is C22H31NO3S. The van der Waals surface area contributed by atoms with Crippen molar-refractivity contribution in [2.75, 3.05) is 18.8 Å². The lowest BCUT2D eigenvalue weighted by molar-refractivity contribution is -0.128. The monoisotopic (exact) mass is 389 g/mol. The molecule has 3 fully saturated rings. The van der Waals surface area contributed by atoms with Gasteiger partial charge in [-0.15, -0.1) is 0 Å². The zero-order valence-electron chi connectivity index (χ0n) is 16.5. The van der Waals surface area contributed by atoms with Gasteiger partial charge < -0.3 is 0 Å². The van der Waals surface area contributed by atoms with Gasteiger partial charge >= 0.3 is 0 Å². The Morgan fingerprint density at radius 3 is 2.30 bits per heavy atom. The molecule has 1 saturated heterocycles. The Morgan fingerprint density at radius 2 is 1.74 bits per heavy atom. The van der Waals surface area contributed by atoms with Gasteiger partial charge in [0.05, 0.1) is 5.75 Å². The number of hydrogen-bond donors (Lipinski definition) is 0. The molecule has 1 aromatic carbocycles. The van der Waals surface area contributed by atoms with Gasteiger partial charge in [-0.3, -0.25) is 4.79 Å². The van der Waals surface area contributed by atoms with E-state index in [2.05, 4.69) is 38.1 Å². The van der Waals surface area contributed by atoms with E-state index in [-0.39, 0.29) is 17.0 Å². The number of carbonyl (C=O) groups is 1. The van der Waals surface area contributed by atoms with E-state index in [9.17, 15) is 13.2 Å². The van der Waals surface area contributed by atoms with E-state index in [1.54, 1.807) is 4.31 Å². The van der Waals surface area contributed by atoms with E-state index in [1.807, 2.05) is 6.07 Å². The molecule has 0 N–H and O–H groups in total. The average molecular weight is 390 g/mol. The molecule has 0 aromatic heterocycles. The van der Waals surface area contributed by atoms with Gasteiger partial charge in [0.2, 0.25) is 10.0 Å². The van der Waals surface area contributed by atoms with Gasteiger partial charge in [-0.2, -0.15) is 0 Å². The van der Waals surface area contributed by atoms with Crippen LogP contribution >= 0.6 is 0 Å². The van der Waals surface area contributed by atoms with E-state index >= 15 is 0 Å². The SMILES string of the molecule is CC1(C)[C@H]2CC[C@@]1(CS(=O)(=O)N1CCC(Cc3ccccc3)CC1)C(=O)C2. The maximum absolute atomic E-state index is 13.2.